The van der Waals surface area contributed by atoms with Crippen LogP contribution in [-0.4, -0.2) is 17.1 Å². The summed E-state index contributed by atoms with van der Waals surface area (Å²) in [5, 5.41) is 0. The fraction of sp³-hybridized carbons (Fsp3) is 0.375. The minimum absolute atomic E-state index is 0.318. The number of benzene rings is 1. The Kier molecular flexibility index (Phi) is 2.98. The van der Waals surface area contributed by atoms with Crippen LogP contribution >= 0.6 is 0 Å². The Hall–Kier alpha value is -1.94. The zero-order valence-electron chi connectivity index (χ0n) is 12.1. The Bertz CT molecular complexity index is 663. The number of nitrogens with two attached hydrogens (primary N) is 1. The van der Waals surface area contributed by atoms with Gasteiger partial charge in [-0.05, 0) is 49.9 Å². The van der Waals surface area contributed by atoms with Gasteiger partial charge >= 0.3 is 0 Å². The van der Waals surface area contributed by atoms with Crippen molar-refractivity contribution in [3.63, 3.8) is 0 Å². The number of aromatic nitrogens is 2. The highest BCUT2D eigenvalue weighted by Gasteiger charge is 2.43. The van der Waals surface area contributed by atoms with E-state index in [4.69, 9.17) is 10.5 Å². The summed E-state index contributed by atoms with van der Waals surface area (Å²) in [4.78, 5) is 8.98. The van der Waals surface area contributed by atoms with Gasteiger partial charge in [0, 0.05) is 11.8 Å². The van der Waals surface area contributed by atoms with Crippen LogP contribution in [0.15, 0.2) is 24.4 Å². The first-order valence-corrected chi connectivity index (χ1v) is 6.81. The Morgan fingerprint density at radius 3 is 2.65 bits per heavy atom. The molecule has 0 bridgehead atoms. The topological polar surface area (TPSA) is 61.0 Å². The van der Waals surface area contributed by atoms with Gasteiger partial charge in [-0.25, -0.2) is 9.97 Å². The molecule has 0 amide bonds. The summed E-state index contributed by atoms with van der Waals surface area (Å²) in [6.07, 6.45) is 3.70. The van der Waals surface area contributed by atoms with Crippen LogP contribution in [0.3, 0.4) is 0 Å². The van der Waals surface area contributed by atoms with E-state index in [2.05, 4.69) is 29.9 Å². The summed E-state index contributed by atoms with van der Waals surface area (Å²) in [6.45, 7) is 4.13. The first-order valence-electron chi connectivity index (χ1n) is 6.81. The number of methoxy groups -OCH3 is 1. The Balaban J connectivity index is 2.14. The van der Waals surface area contributed by atoms with E-state index in [-0.39, 0.29) is 5.54 Å². The zero-order chi connectivity index (χ0) is 14.3. The lowest BCUT2D eigenvalue weighted by atomic mass is 10.0. The molecule has 1 aromatic heterocycles. The van der Waals surface area contributed by atoms with Gasteiger partial charge < -0.3 is 10.5 Å². The van der Waals surface area contributed by atoms with Crippen molar-refractivity contribution >= 4 is 0 Å². The molecule has 20 heavy (non-hydrogen) atoms. The number of ether oxygens (including phenoxy) is 1. The van der Waals surface area contributed by atoms with Crippen LogP contribution in [-0.2, 0) is 5.54 Å². The van der Waals surface area contributed by atoms with E-state index in [1.54, 1.807) is 13.3 Å². The minimum Gasteiger partial charge on any atom is -0.496 e. The van der Waals surface area contributed by atoms with Crippen molar-refractivity contribution < 1.29 is 4.74 Å². The van der Waals surface area contributed by atoms with Gasteiger partial charge in [-0.15, -0.1) is 0 Å². The number of hydrogen-bond acceptors (Lipinski definition) is 4. The van der Waals surface area contributed by atoms with E-state index in [0.717, 1.165) is 41.2 Å². The van der Waals surface area contributed by atoms with Crippen LogP contribution in [0.25, 0.3) is 11.3 Å². The van der Waals surface area contributed by atoms with Crippen LogP contribution in [0.4, 0.5) is 0 Å². The summed E-state index contributed by atoms with van der Waals surface area (Å²) in [5.74, 6) is 1.58. The Morgan fingerprint density at radius 1 is 1.25 bits per heavy atom. The molecule has 0 radical (unpaired) electrons. The molecule has 3 rings (SSSR count). The number of rotatable bonds is 3. The summed E-state index contributed by atoms with van der Waals surface area (Å²) >= 11 is 0. The Labute approximate surface area is 119 Å². The SMILES string of the molecule is COc1cc(C)cc(C)c1-c1ccnc(C2(N)CC2)n1. The molecule has 0 spiro atoms. The van der Waals surface area contributed by atoms with Crippen molar-refractivity contribution in [2.75, 3.05) is 7.11 Å². The third-order valence-electron chi connectivity index (χ3n) is 3.81. The quantitative estimate of drug-likeness (QED) is 0.930. The van der Waals surface area contributed by atoms with Crippen LogP contribution in [0.1, 0.15) is 29.8 Å². The fourth-order valence-electron chi connectivity index (χ4n) is 2.51. The number of aryl methyl sites for hydroxylation is 2. The predicted molar refractivity (Wildman–Crippen MR) is 78.6 cm³/mol. The lowest BCUT2D eigenvalue weighted by Crippen LogP contribution is -2.22. The molecule has 2 aromatic rings. The lowest BCUT2D eigenvalue weighted by molar-refractivity contribution is 0.415. The van der Waals surface area contributed by atoms with E-state index >= 15 is 0 Å². The third kappa shape index (κ3) is 2.16. The second-order valence-corrected chi connectivity index (χ2v) is 5.58. The van der Waals surface area contributed by atoms with Gasteiger partial charge in [0.25, 0.3) is 0 Å². The van der Waals surface area contributed by atoms with Gasteiger partial charge in [-0.1, -0.05) is 6.07 Å². The second-order valence-electron chi connectivity index (χ2n) is 5.58. The molecule has 1 heterocycles. The van der Waals surface area contributed by atoms with Gasteiger partial charge in [-0.2, -0.15) is 0 Å². The highest BCUT2D eigenvalue weighted by atomic mass is 16.5. The van der Waals surface area contributed by atoms with Crippen LogP contribution in [0.5, 0.6) is 5.75 Å². The van der Waals surface area contributed by atoms with Crippen molar-refractivity contribution in [2.24, 2.45) is 5.73 Å². The summed E-state index contributed by atoms with van der Waals surface area (Å²) in [5.41, 5.74) is 10.1. The normalized spacial score (nSPS) is 16.0. The maximum atomic E-state index is 6.19. The highest BCUT2D eigenvalue weighted by molar-refractivity contribution is 5.71. The van der Waals surface area contributed by atoms with Gasteiger partial charge in [0.15, 0.2) is 0 Å². The molecule has 1 aromatic carbocycles. The van der Waals surface area contributed by atoms with Crippen LogP contribution in [0, 0.1) is 13.8 Å². The summed E-state index contributed by atoms with van der Waals surface area (Å²) in [6, 6.07) is 6.07. The van der Waals surface area contributed by atoms with Crippen LogP contribution in [0.2, 0.25) is 0 Å². The zero-order valence-corrected chi connectivity index (χ0v) is 12.1. The molecule has 0 atom stereocenters. The van der Waals surface area contributed by atoms with E-state index < -0.39 is 0 Å². The maximum absolute atomic E-state index is 6.19. The van der Waals surface area contributed by atoms with Gasteiger partial charge in [0.05, 0.1) is 18.3 Å². The lowest BCUT2D eigenvalue weighted by Gasteiger charge is -2.14. The smallest absolute Gasteiger partial charge is 0.148 e. The molecular weight excluding hydrogens is 250 g/mol. The van der Waals surface area contributed by atoms with E-state index in [1.807, 2.05) is 12.1 Å². The number of nitrogens with zero attached hydrogens (tertiary/aromatic N) is 2. The second kappa shape index (κ2) is 4.56. The Morgan fingerprint density at radius 2 is 2.00 bits per heavy atom. The molecule has 104 valence electrons. The monoisotopic (exact) mass is 269 g/mol. The minimum atomic E-state index is -0.318. The van der Waals surface area contributed by atoms with Gasteiger partial charge in [-0.3, -0.25) is 0 Å². The van der Waals surface area contributed by atoms with Crippen molar-refractivity contribution in [1.82, 2.24) is 9.97 Å². The van der Waals surface area contributed by atoms with Crippen molar-refractivity contribution in [1.29, 1.82) is 0 Å². The molecule has 1 aliphatic rings. The number of hydrogen-bond donors (Lipinski definition) is 1. The average molecular weight is 269 g/mol. The highest BCUT2D eigenvalue weighted by Crippen LogP contribution is 2.41. The molecule has 2 N–H and O–H groups in total. The predicted octanol–water partition coefficient (Wildman–Crippen LogP) is 2.72. The molecule has 1 fully saturated rings. The molecular formula is C16H19N3O. The molecule has 0 unspecified atom stereocenters. The maximum Gasteiger partial charge on any atom is 0.148 e. The largest absolute Gasteiger partial charge is 0.496 e. The average Bonchev–Trinajstić information content (AvgIpc) is 3.17. The van der Waals surface area contributed by atoms with Gasteiger partial charge in [0.2, 0.25) is 0 Å². The van der Waals surface area contributed by atoms with Crippen LogP contribution < -0.4 is 10.5 Å². The first kappa shape index (κ1) is 13.1. The van der Waals surface area contributed by atoms with E-state index in [1.165, 1.54) is 5.56 Å². The molecule has 4 heteroatoms. The van der Waals surface area contributed by atoms with Crippen molar-refractivity contribution in [2.45, 2.75) is 32.2 Å². The molecule has 0 saturated heterocycles. The first-order chi connectivity index (χ1) is 9.53. The molecule has 1 saturated carbocycles. The van der Waals surface area contributed by atoms with E-state index in [9.17, 15) is 0 Å². The van der Waals surface area contributed by atoms with Crippen molar-refractivity contribution in [3.8, 4) is 17.0 Å². The summed E-state index contributed by atoms with van der Waals surface area (Å²) in [7, 11) is 1.69. The third-order valence-corrected chi connectivity index (χ3v) is 3.81. The molecule has 4 nitrogen and oxygen atoms in total. The standard InChI is InChI=1S/C16H19N3O/c1-10-8-11(2)14(13(9-10)20-3)12-4-7-18-15(19-12)16(17)5-6-16/h4,7-9H,5-6,17H2,1-3H3. The van der Waals surface area contributed by atoms with E-state index in [0.29, 0.717) is 0 Å². The summed E-state index contributed by atoms with van der Waals surface area (Å²) < 4.78 is 5.51. The fourth-order valence-corrected chi connectivity index (χ4v) is 2.51. The molecule has 0 aliphatic heterocycles. The van der Waals surface area contributed by atoms with Gasteiger partial charge in [0.1, 0.15) is 11.6 Å². The van der Waals surface area contributed by atoms with Crippen molar-refractivity contribution in [3.05, 3.63) is 41.3 Å². The molecule has 1 aliphatic carbocycles.